The van der Waals surface area contributed by atoms with E-state index in [1.54, 1.807) is 0 Å². The SMILES string of the molecule is OCC1c2ccc#cc2-c2ccccc21. The average molecular weight is 194 g/mol. The molecule has 0 bridgehead atoms. The summed E-state index contributed by atoms with van der Waals surface area (Å²) in [6.07, 6.45) is 0. The average Bonchev–Trinajstić information content (AvgIpc) is 2.63. The van der Waals surface area contributed by atoms with Crippen molar-refractivity contribution in [2.45, 2.75) is 5.92 Å². The Morgan fingerprint density at radius 1 is 1.13 bits per heavy atom. The second-order valence-corrected chi connectivity index (χ2v) is 3.76. The summed E-state index contributed by atoms with van der Waals surface area (Å²) in [5.74, 6) is 0.113. The van der Waals surface area contributed by atoms with Crippen LogP contribution in [0.25, 0.3) is 11.1 Å². The van der Waals surface area contributed by atoms with Crippen LogP contribution in [0.5, 0.6) is 0 Å². The zero-order valence-electron chi connectivity index (χ0n) is 8.20. The first-order chi connectivity index (χ1) is 7.42. The Morgan fingerprint density at radius 3 is 2.87 bits per heavy atom. The normalized spacial score (nSPS) is 13.1. The van der Waals surface area contributed by atoms with Gasteiger partial charge >= 0.3 is 0 Å². The van der Waals surface area contributed by atoms with Crippen LogP contribution in [0.15, 0.2) is 36.4 Å². The van der Waals surface area contributed by atoms with Crippen LogP contribution in [0.2, 0.25) is 0 Å². The van der Waals surface area contributed by atoms with Gasteiger partial charge in [0.1, 0.15) is 0 Å². The lowest BCUT2D eigenvalue weighted by Gasteiger charge is -2.08. The van der Waals surface area contributed by atoms with Crippen LogP contribution in [-0.4, -0.2) is 11.7 Å². The molecule has 0 radical (unpaired) electrons. The molecule has 0 heterocycles. The third-order valence-electron chi connectivity index (χ3n) is 3.00. The highest BCUT2D eigenvalue weighted by Gasteiger charge is 2.27. The third-order valence-corrected chi connectivity index (χ3v) is 3.00. The molecule has 0 spiro atoms. The topological polar surface area (TPSA) is 20.2 Å². The van der Waals surface area contributed by atoms with E-state index < -0.39 is 0 Å². The standard InChI is InChI=1S/C14H10O/c15-9-14-12-7-3-1-5-10(12)11-6-2-4-8-13(11)14/h1,3-5,7-8,14-15H,9H2. The largest absolute Gasteiger partial charge is 0.395 e. The van der Waals surface area contributed by atoms with Crippen LogP contribution in [0, 0.1) is 12.1 Å². The molecule has 0 aromatic heterocycles. The number of rotatable bonds is 1. The van der Waals surface area contributed by atoms with Crippen LogP contribution >= 0.6 is 0 Å². The van der Waals surface area contributed by atoms with Crippen molar-refractivity contribution < 1.29 is 5.11 Å². The van der Waals surface area contributed by atoms with Crippen molar-refractivity contribution in [3.05, 3.63) is 59.7 Å². The quantitative estimate of drug-likeness (QED) is 0.739. The van der Waals surface area contributed by atoms with E-state index in [0.717, 1.165) is 11.1 Å². The zero-order valence-corrected chi connectivity index (χ0v) is 8.20. The second kappa shape index (κ2) is 3.12. The maximum Gasteiger partial charge on any atom is 0.0541 e. The predicted octanol–water partition coefficient (Wildman–Crippen LogP) is 2.39. The van der Waals surface area contributed by atoms with Crippen LogP contribution < -0.4 is 0 Å². The van der Waals surface area contributed by atoms with E-state index in [-0.39, 0.29) is 12.5 Å². The van der Waals surface area contributed by atoms with Gasteiger partial charge in [-0.25, -0.2) is 0 Å². The van der Waals surface area contributed by atoms with Crippen molar-refractivity contribution in [3.63, 3.8) is 0 Å². The van der Waals surface area contributed by atoms with Crippen molar-refractivity contribution in [1.82, 2.24) is 0 Å². The summed E-state index contributed by atoms with van der Waals surface area (Å²) in [5, 5.41) is 9.44. The molecule has 1 N–H and O–H groups in total. The van der Waals surface area contributed by atoms with Gasteiger partial charge in [0.05, 0.1) is 6.61 Å². The lowest BCUT2D eigenvalue weighted by Crippen LogP contribution is -2.01. The van der Waals surface area contributed by atoms with Gasteiger partial charge in [-0.15, -0.1) is 0 Å². The minimum Gasteiger partial charge on any atom is -0.395 e. The van der Waals surface area contributed by atoms with Crippen molar-refractivity contribution in [2.24, 2.45) is 0 Å². The van der Waals surface area contributed by atoms with Gasteiger partial charge in [-0.1, -0.05) is 36.4 Å². The van der Waals surface area contributed by atoms with Gasteiger partial charge in [0, 0.05) is 11.5 Å². The Balaban J connectivity index is 2.31. The van der Waals surface area contributed by atoms with Crippen molar-refractivity contribution in [3.8, 4) is 11.1 Å². The molecule has 3 rings (SSSR count). The summed E-state index contributed by atoms with van der Waals surface area (Å²) in [5.41, 5.74) is 4.64. The van der Waals surface area contributed by atoms with Gasteiger partial charge in [0.2, 0.25) is 0 Å². The third kappa shape index (κ3) is 1.09. The first-order valence-electron chi connectivity index (χ1n) is 5.04. The summed E-state index contributed by atoms with van der Waals surface area (Å²) >= 11 is 0. The van der Waals surface area contributed by atoms with Gasteiger partial charge in [0.15, 0.2) is 0 Å². The minimum atomic E-state index is 0.113. The first-order valence-corrected chi connectivity index (χ1v) is 5.04. The maximum atomic E-state index is 9.44. The van der Waals surface area contributed by atoms with E-state index >= 15 is 0 Å². The highest BCUT2D eigenvalue weighted by Crippen LogP contribution is 2.42. The molecule has 1 aliphatic carbocycles. The lowest BCUT2D eigenvalue weighted by molar-refractivity contribution is 0.282. The predicted molar refractivity (Wildman–Crippen MR) is 58.5 cm³/mol. The van der Waals surface area contributed by atoms with Gasteiger partial charge < -0.3 is 5.11 Å². The van der Waals surface area contributed by atoms with E-state index in [2.05, 4.69) is 24.3 Å². The van der Waals surface area contributed by atoms with E-state index in [9.17, 15) is 5.11 Å². The monoisotopic (exact) mass is 194 g/mol. The van der Waals surface area contributed by atoms with E-state index in [4.69, 9.17) is 0 Å². The number of aliphatic hydroxyl groups is 1. The Hall–Kier alpha value is -1.78. The van der Waals surface area contributed by atoms with E-state index in [1.807, 2.05) is 24.3 Å². The van der Waals surface area contributed by atoms with E-state index in [1.165, 1.54) is 11.1 Å². The molecule has 1 aliphatic rings. The molecule has 0 amide bonds. The number of hydrogen-bond donors (Lipinski definition) is 1. The summed E-state index contributed by atoms with van der Waals surface area (Å²) in [7, 11) is 0. The van der Waals surface area contributed by atoms with Crippen LogP contribution in [0.4, 0.5) is 0 Å². The fourth-order valence-corrected chi connectivity index (χ4v) is 2.31. The number of benzene rings is 1. The zero-order chi connectivity index (χ0) is 10.3. The number of fused-ring (bicyclic) bond motifs is 3. The first kappa shape index (κ1) is 8.52. The van der Waals surface area contributed by atoms with Crippen LogP contribution in [0.1, 0.15) is 17.0 Å². The summed E-state index contributed by atoms with van der Waals surface area (Å²) in [6, 6.07) is 18.2. The Kier molecular flexibility index (Phi) is 1.77. The van der Waals surface area contributed by atoms with Gasteiger partial charge in [0.25, 0.3) is 0 Å². The summed E-state index contributed by atoms with van der Waals surface area (Å²) in [4.78, 5) is 0. The second-order valence-electron chi connectivity index (χ2n) is 3.76. The molecule has 72 valence electrons. The Morgan fingerprint density at radius 2 is 2.00 bits per heavy atom. The molecule has 0 saturated heterocycles. The molecule has 2 aromatic carbocycles. The molecular formula is C14H10O. The molecule has 1 atom stereocenters. The van der Waals surface area contributed by atoms with Crippen LogP contribution in [-0.2, 0) is 0 Å². The molecule has 0 aliphatic heterocycles. The molecule has 15 heavy (non-hydrogen) atoms. The Labute approximate surface area is 89.0 Å². The van der Waals surface area contributed by atoms with Gasteiger partial charge in [-0.3, -0.25) is 0 Å². The Bertz CT molecular complexity index is 457. The summed E-state index contributed by atoms with van der Waals surface area (Å²) < 4.78 is 0. The highest BCUT2D eigenvalue weighted by molar-refractivity contribution is 5.77. The van der Waals surface area contributed by atoms with Crippen molar-refractivity contribution in [2.75, 3.05) is 6.61 Å². The van der Waals surface area contributed by atoms with Gasteiger partial charge in [-0.2, -0.15) is 0 Å². The van der Waals surface area contributed by atoms with Crippen molar-refractivity contribution >= 4 is 0 Å². The van der Waals surface area contributed by atoms with E-state index in [0.29, 0.717) is 0 Å². The molecular weight excluding hydrogens is 184 g/mol. The fraction of sp³-hybridized carbons (Fsp3) is 0.143. The number of aliphatic hydroxyl groups excluding tert-OH is 1. The number of hydrogen-bond acceptors (Lipinski definition) is 1. The molecule has 0 fully saturated rings. The molecule has 0 saturated carbocycles. The molecule has 1 heteroatoms. The highest BCUT2D eigenvalue weighted by atomic mass is 16.3. The summed E-state index contributed by atoms with van der Waals surface area (Å²) in [6.45, 7) is 0.155. The minimum absolute atomic E-state index is 0.113. The lowest BCUT2D eigenvalue weighted by atomic mass is 9.98. The smallest absolute Gasteiger partial charge is 0.0541 e. The van der Waals surface area contributed by atoms with Gasteiger partial charge in [-0.05, 0) is 28.8 Å². The van der Waals surface area contributed by atoms with Crippen molar-refractivity contribution in [1.29, 1.82) is 0 Å². The molecule has 1 unspecified atom stereocenters. The molecule has 1 nitrogen and oxygen atoms in total. The van der Waals surface area contributed by atoms with Crippen LogP contribution in [0.3, 0.4) is 0 Å². The molecule has 2 aromatic rings. The maximum absolute atomic E-state index is 9.44. The fourth-order valence-electron chi connectivity index (χ4n) is 2.31.